The van der Waals surface area contributed by atoms with Crippen molar-refractivity contribution in [1.29, 1.82) is 0 Å². The van der Waals surface area contributed by atoms with Crippen LogP contribution in [0.5, 0.6) is 0 Å². The zero-order valence-corrected chi connectivity index (χ0v) is 7.01. The molecule has 0 aromatic carbocycles. The zero-order valence-electron chi connectivity index (χ0n) is 6.19. The lowest BCUT2D eigenvalue weighted by molar-refractivity contribution is -0.0286. The molecule has 1 saturated heterocycles. The lowest BCUT2D eigenvalue weighted by Crippen LogP contribution is -2.29. The van der Waals surface area contributed by atoms with Gasteiger partial charge in [0.25, 0.3) is 0 Å². The van der Waals surface area contributed by atoms with E-state index in [1.165, 1.54) is 0 Å². The molecule has 2 rings (SSSR count). The van der Waals surface area contributed by atoms with Gasteiger partial charge in [-0.1, -0.05) is 4.47 Å². The van der Waals surface area contributed by atoms with E-state index in [0.29, 0.717) is 13.2 Å². The average molecular weight is 177 g/mol. The highest BCUT2D eigenvalue weighted by Crippen LogP contribution is 2.32. The van der Waals surface area contributed by atoms with Crippen LogP contribution < -0.4 is 0 Å². The number of nitrogens with zero attached hydrogens (tertiary/aromatic N) is 1. The van der Waals surface area contributed by atoms with Crippen molar-refractivity contribution in [3.8, 4) is 0 Å². The van der Waals surface area contributed by atoms with E-state index in [2.05, 4.69) is 0 Å². The monoisotopic (exact) mass is 177 g/mol. The predicted octanol–water partition coefficient (Wildman–Crippen LogP) is 0.116. The smallest absolute Gasteiger partial charge is 0.238 e. The van der Waals surface area contributed by atoms with Crippen LogP contribution in [-0.4, -0.2) is 31.3 Å². The molecule has 5 heteroatoms. The summed E-state index contributed by atoms with van der Waals surface area (Å²) in [6.07, 6.45) is 2.44. The van der Waals surface area contributed by atoms with Crippen LogP contribution in [0.2, 0.25) is 0 Å². The van der Waals surface area contributed by atoms with Crippen molar-refractivity contribution in [2.45, 2.75) is 24.5 Å². The van der Waals surface area contributed by atoms with Crippen molar-refractivity contribution in [2.24, 2.45) is 0 Å². The molecule has 0 aromatic heterocycles. The van der Waals surface area contributed by atoms with E-state index in [0.717, 1.165) is 23.7 Å². The van der Waals surface area contributed by atoms with Gasteiger partial charge in [-0.05, 0) is 19.3 Å². The summed E-state index contributed by atoms with van der Waals surface area (Å²) in [4.78, 5) is 4.96. The van der Waals surface area contributed by atoms with E-state index in [1.54, 1.807) is 0 Å². The predicted molar refractivity (Wildman–Crippen MR) is 39.2 cm³/mol. The number of hydrogen-bond acceptors (Lipinski definition) is 3. The van der Waals surface area contributed by atoms with Gasteiger partial charge in [0.2, 0.25) is 10.0 Å². The summed E-state index contributed by atoms with van der Waals surface area (Å²) in [6.45, 7) is 1.09. The molecule has 0 bridgehead atoms. The first kappa shape index (κ1) is 7.52. The van der Waals surface area contributed by atoms with Gasteiger partial charge in [0, 0.05) is 6.54 Å². The first-order valence-corrected chi connectivity index (χ1v) is 5.36. The molecule has 2 aliphatic rings. The van der Waals surface area contributed by atoms with Crippen LogP contribution in [0, 0.1) is 0 Å². The van der Waals surface area contributed by atoms with Crippen LogP contribution in [0.15, 0.2) is 0 Å². The van der Waals surface area contributed by atoms with Gasteiger partial charge in [-0.3, -0.25) is 4.84 Å². The third-order valence-electron chi connectivity index (χ3n) is 1.95. The van der Waals surface area contributed by atoms with Gasteiger partial charge in [0.15, 0.2) is 0 Å². The Bertz CT molecular complexity index is 239. The Labute approximate surface area is 66.1 Å². The van der Waals surface area contributed by atoms with E-state index in [-0.39, 0.29) is 5.25 Å². The summed E-state index contributed by atoms with van der Waals surface area (Å²) in [5.74, 6) is 0. The SMILES string of the molecule is O=S(=O)(C1CC1)N1CCCO1. The fourth-order valence-electron chi connectivity index (χ4n) is 1.16. The highest BCUT2D eigenvalue weighted by atomic mass is 32.2. The molecule has 2 fully saturated rings. The molecule has 0 amide bonds. The topological polar surface area (TPSA) is 46.6 Å². The molecular formula is C6H11NO3S. The molecule has 1 aliphatic carbocycles. The highest BCUT2D eigenvalue weighted by Gasteiger charge is 2.41. The number of sulfonamides is 1. The van der Waals surface area contributed by atoms with Crippen molar-refractivity contribution in [2.75, 3.05) is 13.2 Å². The Hall–Kier alpha value is -0.130. The van der Waals surface area contributed by atoms with Gasteiger partial charge in [0.05, 0.1) is 11.9 Å². The maximum atomic E-state index is 11.4. The van der Waals surface area contributed by atoms with Crippen LogP contribution in [0.4, 0.5) is 0 Å². The van der Waals surface area contributed by atoms with Gasteiger partial charge < -0.3 is 0 Å². The largest absolute Gasteiger partial charge is 0.284 e. The lowest BCUT2D eigenvalue weighted by Gasteiger charge is -2.12. The number of hydroxylamine groups is 1. The highest BCUT2D eigenvalue weighted by molar-refractivity contribution is 7.89. The number of hydrogen-bond donors (Lipinski definition) is 0. The summed E-state index contributed by atoms with van der Waals surface area (Å²) >= 11 is 0. The minimum absolute atomic E-state index is 0.138. The molecular weight excluding hydrogens is 166 g/mol. The van der Waals surface area contributed by atoms with Crippen LogP contribution in [-0.2, 0) is 14.9 Å². The first-order valence-electron chi connectivity index (χ1n) is 3.86. The Morgan fingerprint density at radius 1 is 1.36 bits per heavy atom. The summed E-state index contributed by atoms with van der Waals surface area (Å²) in [5.41, 5.74) is 0. The molecule has 64 valence electrons. The second kappa shape index (κ2) is 2.43. The van der Waals surface area contributed by atoms with Crippen LogP contribution >= 0.6 is 0 Å². The summed E-state index contributed by atoms with van der Waals surface area (Å²) in [7, 11) is -3.05. The molecule has 0 N–H and O–H groups in total. The first-order chi connectivity index (χ1) is 5.21. The molecule has 1 saturated carbocycles. The molecule has 0 unspecified atom stereocenters. The van der Waals surface area contributed by atoms with Crippen LogP contribution in [0.25, 0.3) is 0 Å². The van der Waals surface area contributed by atoms with Gasteiger partial charge in [-0.25, -0.2) is 8.42 Å². The van der Waals surface area contributed by atoms with Crippen molar-refractivity contribution < 1.29 is 13.3 Å². The third kappa shape index (κ3) is 1.28. The fourth-order valence-corrected chi connectivity index (χ4v) is 2.83. The minimum atomic E-state index is -3.05. The molecule has 0 aromatic rings. The summed E-state index contributed by atoms with van der Waals surface area (Å²) in [6, 6.07) is 0. The van der Waals surface area contributed by atoms with Gasteiger partial charge in [-0.2, -0.15) is 0 Å². The third-order valence-corrected chi connectivity index (χ3v) is 4.12. The average Bonchev–Trinajstić information content (AvgIpc) is 2.66. The van der Waals surface area contributed by atoms with E-state index in [9.17, 15) is 8.42 Å². The lowest BCUT2D eigenvalue weighted by atomic mass is 10.5. The molecule has 1 heterocycles. The second-order valence-corrected chi connectivity index (χ2v) is 5.06. The zero-order chi connectivity index (χ0) is 7.90. The van der Waals surface area contributed by atoms with E-state index in [1.807, 2.05) is 0 Å². The molecule has 4 nitrogen and oxygen atoms in total. The second-order valence-electron chi connectivity index (χ2n) is 2.96. The number of rotatable bonds is 2. The molecule has 11 heavy (non-hydrogen) atoms. The quantitative estimate of drug-likeness (QED) is 0.601. The van der Waals surface area contributed by atoms with Gasteiger partial charge in [0.1, 0.15) is 0 Å². The minimum Gasteiger partial charge on any atom is -0.284 e. The Morgan fingerprint density at radius 2 is 2.09 bits per heavy atom. The standard InChI is InChI=1S/C6H11NO3S/c8-11(9,6-2-3-6)7-4-1-5-10-7/h6H,1-5H2. The van der Waals surface area contributed by atoms with Gasteiger partial charge >= 0.3 is 0 Å². The van der Waals surface area contributed by atoms with E-state index in [4.69, 9.17) is 4.84 Å². The van der Waals surface area contributed by atoms with Crippen molar-refractivity contribution in [3.63, 3.8) is 0 Å². The summed E-state index contributed by atoms with van der Waals surface area (Å²) < 4.78 is 23.9. The Morgan fingerprint density at radius 3 is 2.55 bits per heavy atom. The normalized spacial score (nSPS) is 27.6. The Kier molecular flexibility index (Phi) is 1.66. The molecule has 0 atom stereocenters. The van der Waals surface area contributed by atoms with Crippen molar-refractivity contribution >= 4 is 10.0 Å². The van der Waals surface area contributed by atoms with Crippen LogP contribution in [0.1, 0.15) is 19.3 Å². The maximum Gasteiger partial charge on any atom is 0.238 e. The van der Waals surface area contributed by atoms with E-state index >= 15 is 0 Å². The van der Waals surface area contributed by atoms with Crippen LogP contribution in [0.3, 0.4) is 0 Å². The molecule has 0 spiro atoms. The summed E-state index contributed by atoms with van der Waals surface area (Å²) in [5, 5.41) is -0.138. The molecule has 1 aliphatic heterocycles. The Balaban J connectivity index is 2.12. The van der Waals surface area contributed by atoms with Gasteiger partial charge in [-0.15, -0.1) is 0 Å². The van der Waals surface area contributed by atoms with Crippen molar-refractivity contribution in [1.82, 2.24) is 4.47 Å². The maximum absolute atomic E-state index is 11.4. The fraction of sp³-hybridized carbons (Fsp3) is 1.00. The van der Waals surface area contributed by atoms with E-state index < -0.39 is 10.0 Å². The molecule has 0 radical (unpaired) electrons. The van der Waals surface area contributed by atoms with Crippen molar-refractivity contribution in [3.05, 3.63) is 0 Å².